The zero-order valence-electron chi connectivity index (χ0n) is 10.7. The molecule has 0 bridgehead atoms. The fraction of sp³-hybridized carbons (Fsp3) is 0.714. The van der Waals surface area contributed by atoms with Crippen molar-refractivity contribution in [3.05, 3.63) is 23.3 Å². The van der Waals surface area contributed by atoms with Crippen molar-refractivity contribution < 1.29 is 5.11 Å². The van der Waals surface area contributed by atoms with Gasteiger partial charge in [0.2, 0.25) is 0 Å². The molecule has 15 heavy (non-hydrogen) atoms. The van der Waals surface area contributed by atoms with Crippen molar-refractivity contribution in [2.45, 2.75) is 65.9 Å². The van der Waals surface area contributed by atoms with E-state index in [4.69, 9.17) is 0 Å². The minimum atomic E-state index is -0.120. The van der Waals surface area contributed by atoms with Crippen molar-refractivity contribution in [2.75, 3.05) is 0 Å². The van der Waals surface area contributed by atoms with E-state index in [1.807, 2.05) is 6.92 Å². The van der Waals surface area contributed by atoms with Crippen LogP contribution in [-0.2, 0) is 0 Å². The fourth-order valence-electron chi connectivity index (χ4n) is 1.39. The van der Waals surface area contributed by atoms with Crippen LogP contribution in [0.1, 0.15) is 59.8 Å². The number of aliphatic hydroxyl groups excluding tert-OH is 1. The van der Waals surface area contributed by atoms with Gasteiger partial charge in [-0.3, -0.25) is 0 Å². The lowest BCUT2D eigenvalue weighted by Gasteiger charge is -2.07. The van der Waals surface area contributed by atoms with E-state index in [-0.39, 0.29) is 6.10 Å². The van der Waals surface area contributed by atoms with Gasteiger partial charge in [0.05, 0.1) is 6.10 Å². The summed E-state index contributed by atoms with van der Waals surface area (Å²) in [4.78, 5) is 0. The van der Waals surface area contributed by atoms with Gasteiger partial charge in [-0.25, -0.2) is 0 Å². The minimum absolute atomic E-state index is 0.120. The normalized spacial score (nSPS) is 15.5. The molecule has 0 fully saturated rings. The van der Waals surface area contributed by atoms with Gasteiger partial charge in [-0.1, -0.05) is 30.2 Å². The lowest BCUT2D eigenvalue weighted by atomic mass is 10.0. The Morgan fingerprint density at radius 3 is 2.40 bits per heavy atom. The van der Waals surface area contributed by atoms with E-state index in [1.165, 1.54) is 11.1 Å². The van der Waals surface area contributed by atoms with E-state index in [2.05, 4.69) is 32.9 Å². The first-order valence-corrected chi connectivity index (χ1v) is 6.05. The summed E-state index contributed by atoms with van der Waals surface area (Å²) in [6, 6.07) is 0. The van der Waals surface area contributed by atoms with Crippen molar-refractivity contribution in [2.24, 2.45) is 0 Å². The molecule has 1 N–H and O–H groups in total. The highest BCUT2D eigenvalue weighted by Crippen LogP contribution is 2.12. The molecule has 1 nitrogen and oxygen atoms in total. The molecule has 0 saturated carbocycles. The first kappa shape index (κ1) is 14.4. The predicted octanol–water partition coefficient (Wildman–Crippen LogP) is 4.23. The van der Waals surface area contributed by atoms with E-state index in [9.17, 15) is 5.11 Å². The smallest absolute Gasteiger partial charge is 0.0540 e. The van der Waals surface area contributed by atoms with E-state index in [0.717, 1.165) is 32.1 Å². The lowest BCUT2D eigenvalue weighted by molar-refractivity contribution is 0.160. The maximum absolute atomic E-state index is 9.42. The van der Waals surface area contributed by atoms with Gasteiger partial charge in [-0.15, -0.1) is 0 Å². The van der Waals surface area contributed by atoms with Gasteiger partial charge in [0.1, 0.15) is 0 Å². The van der Waals surface area contributed by atoms with Crippen molar-refractivity contribution >= 4 is 0 Å². The van der Waals surface area contributed by atoms with Gasteiger partial charge >= 0.3 is 0 Å². The van der Waals surface area contributed by atoms with Crippen LogP contribution < -0.4 is 0 Å². The summed E-state index contributed by atoms with van der Waals surface area (Å²) >= 11 is 0. The van der Waals surface area contributed by atoms with Crippen LogP contribution in [-0.4, -0.2) is 11.2 Å². The second-order valence-electron chi connectivity index (χ2n) is 4.32. The molecule has 0 aromatic heterocycles. The van der Waals surface area contributed by atoms with E-state index in [1.54, 1.807) is 0 Å². The maximum atomic E-state index is 9.42. The summed E-state index contributed by atoms with van der Waals surface area (Å²) in [5.74, 6) is 0. The summed E-state index contributed by atoms with van der Waals surface area (Å²) in [5, 5.41) is 9.42. The fourth-order valence-corrected chi connectivity index (χ4v) is 1.39. The zero-order valence-corrected chi connectivity index (χ0v) is 10.7. The SMILES string of the molecule is CC=C(C)CCC=C(C)CCC(O)CC. The van der Waals surface area contributed by atoms with Crippen molar-refractivity contribution in [3.8, 4) is 0 Å². The van der Waals surface area contributed by atoms with Gasteiger partial charge in [-0.2, -0.15) is 0 Å². The third-order valence-corrected chi connectivity index (χ3v) is 2.87. The summed E-state index contributed by atoms with van der Waals surface area (Å²) < 4.78 is 0. The summed E-state index contributed by atoms with van der Waals surface area (Å²) in [6.45, 7) is 8.44. The van der Waals surface area contributed by atoms with Crippen molar-refractivity contribution in [1.29, 1.82) is 0 Å². The molecular weight excluding hydrogens is 184 g/mol. The third-order valence-electron chi connectivity index (χ3n) is 2.87. The second kappa shape index (κ2) is 8.72. The van der Waals surface area contributed by atoms with Crippen LogP contribution in [0.25, 0.3) is 0 Å². The number of allylic oxidation sites excluding steroid dienone is 4. The summed E-state index contributed by atoms with van der Waals surface area (Å²) in [6.07, 6.45) is 9.44. The molecule has 0 aliphatic rings. The molecule has 0 amide bonds. The van der Waals surface area contributed by atoms with Gasteiger partial charge in [0.25, 0.3) is 0 Å². The van der Waals surface area contributed by atoms with Crippen molar-refractivity contribution in [3.63, 3.8) is 0 Å². The van der Waals surface area contributed by atoms with Gasteiger partial charge in [0.15, 0.2) is 0 Å². The Balaban J connectivity index is 3.70. The summed E-state index contributed by atoms with van der Waals surface area (Å²) in [5.41, 5.74) is 2.86. The Morgan fingerprint density at radius 2 is 1.87 bits per heavy atom. The Kier molecular flexibility index (Phi) is 8.40. The quantitative estimate of drug-likeness (QED) is 0.623. The lowest BCUT2D eigenvalue weighted by Crippen LogP contribution is -2.03. The molecule has 0 saturated heterocycles. The van der Waals surface area contributed by atoms with E-state index >= 15 is 0 Å². The molecule has 0 rings (SSSR count). The molecule has 0 aliphatic carbocycles. The minimum Gasteiger partial charge on any atom is -0.393 e. The van der Waals surface area contributed by atoms with Crippen LogP contribution in [0.5, 0.6) is 0 Å². The van der Waals surface area contributed by atoms with Gasteiger partial charge < -0.3 is 5.11 Å². The van der Waals surface area contributed by atoms with Crippen molar-refractivity contribution in [1.82, 2.24) is 0 Å². The first-order valence-electron chi connectivity index (χ1n) is 6.05. The van der Waals surface area contributed by atoms with Crippen LogP contribution in [0, 0.1) is 0 Å². The highest BCUT2D eigenvalue weighted by Gasteiger charge is 2.00. The third kappa shape index (κ3) is 8.44. The topological polar surface area (TPSA) is 20.2 Å². The van der Waals surface area contributed by atoms with E-state index in [0.29, 0.717) is 0 Å². The van der Waals surface area contributed by atoms with Gasteiger partial charge in [-0.05, 0) is 52.9 Å². The molecule has 0 spiro atoms. The number of hydrogen-bond acceptors (Lipinski definition) is 1. The molecule has 1 heteroatoms. The average Bonchev–Trinajstić information content (AvgIpc) is 2.25. The predicted molar refractivity (Wildman–Crippen MR) is 68.0 cm³/mol. The Labute approximate surface area is 94.9 Å². The van der Waals surface area contributed by atoms with Crippen LogP contribution in [0.3, 0.4) is 0 Å². The molecule has 0 heterocycles. The highest BCUT2D eigenvalue weighted by atomic mass is 16.3. The molecule has 0 aromatic rings. The van der Waals surface area contributed by atoms with Gasteiger partial charge in [0, 0.05) is 0 Å². The molecule has 0 radical (unpaired) electrons. The Hall–Kier alpha value is -0.560. The number of rotatable bonds is 7. The average molecular weight is 210 g/mol. The number of hydrogen-bond donors (Lipinski definition) is 1. The molecular formula is C14H26O. The Bertz CT molecular complexity index is 213. The van der Waals surface area contributed by atoms with Crippen LogP contribution in [0.4, 0.5) is 0 Å². The first-order chi connectivity index (χ1) is 7.10. The van der Waals surface area contributed by atoms with Crippen LogP contribution in [0.15, 0.2) is 23.3 Å². The molecule has 1 unspecified atom stereocenters. The highest BCUT2D eigenvalue weighted by molar-refractivity contribution is 5.02. The molecule has 88 valence electrons. The Morgan fingerprint density at radius 1 is 1.20 bits per heavy atom. The van der Waals surface area contributed by atoms with E-state index < -0.39 is 0 Å². The standard InChI is InChI=1S/C14H26O/c1-5-12(3)8-7-9-13(4)10-11-14(15)6-2/h5,9,14-15H,6-8,10-11H2,1-4H3. The molecule has 0 aromatic carbocycles. The molecule has 0 aliphatic heterocycles. The largest absolute Gasteiger partial charge is 0.393 e. The van der Waals surface area contributed by atoms with Crippen LogP contribution in [0.2, 0.25) is 0 Å². The number of aliphatic hydroxyl groups is 1. The second-order valence-corrected chi connectivity index (χ2v) is 4.32. The monoisotopic (exact) mass is 210 g/mol. The molecule has 1 atom stereocenters. The van der Waals surface area contributed by atoms with Crippen LogP contribution >= 0.6 is 0 Å². The zero-order chi connectivity index (χ0) is 11.7. The maximum Gasteiger partial charge on any atom is 0.0540 e. The summed E-state index contributed by atoms with van der Waals surface area (Å²) in [7, 11) is 0.